The maximum Gasteiger partial charge on any atom is 0.451 e. The van der Waals surface area contributed by atoms with Gasteiger partial charge in [-0.3, -0.25) is 9.36 Å². The molecule has 3 aromatic rings. The molecular formula is C22H21F3N4O2. The van der Waals surface area contributed by atoms with Crippen molar-refractivity contribution in [1.29, 1.82) is 0 Å². The number of aromatic nitrogens is 3. The maximum absolute atomic E-state index is 13.0. The maximum atomic E-state index is 13.0. The van der Waals surface area contributed by atoms with Crippen LogP contribution in [0.3, 0.4) is 0 Å². The van der Waals surface area contributed by atoms with E-state index in [1.54, 1.807) is 17.0 Å². The normalized spacial score (nSPS) is 15.3. The third kappa shape index (κ3) is 4.12. The lowest BCUT2D eigenvalue weighted by Gasteiger charge is -2.31. The highest BCUT2D eigenvalue weighted by molar-refractivity contribution is 5.94. The van der Waals surface area contributed by atoms with Gasteiger partial charge in [0.2, 0.25) is 5.82 Å². The Morgan fingerprint density at radius 3 is 2.10 bits per heavy atom. The number of carbonyl (C=O) groups excluding carboxylic acids is 1. The second kappa shape index (κ2) is 8.05. The molecule has 1 aliphatic heterocycles. The molecule has 0 saturated carbocycles. The monoisotopic (exact) mass is 430 g/mol. The molecule has 9 heteroatoms. The fraction of sp³-hybridized carbons (Fsp3) is 0.318. The molecular weight excluding hydrogens is 409 g/mol. The molecule has 31 heavy (non-hydrogen) atoms. The third-order valence-corrected chi connectivity index (χ3v) is 5.59. The predicted molar refractivity (Wildman–Crippen MR) is 109 cm³/mol. The second-order valence-corrected chi connectivity index (χ2v) is 7.57. The standard InChI is InChI=1S/C22H21F3N4O2/c1-27-20(22(23,24)25)26-29(21(27)31)18-11-13-28(14-12-18)19(30)17-9-7-16(8-10-17)15-5-3-2-4-6-15/h2-10,18H,11-14H2,1H3. The van der Waals surface area contributed by atoms with Crippen LogP contribution < -0.4 is 5.69 Å². The van der Waals surface area contributed by atoms with Gasteiger partial charge in [0.05, 0.1) is 6.04 Å². The van der Waals surface area contributed by atoms with Crippen LogP contribution >= 0.6 is 0 Å². The van der Waals surface area contributed by atoms with Crippen LogP contribution in [0, 0.1) is 0 Å². The summed E-state index contributed by atoms with van der Waals surface area (Å²) in [5, 5.41) is 3.51. The lowest BCUT2D eigenvalue weighted by Crippen LogP contribution is -2.41. The van der Waals surface area contributed by atoms with Gasteiger partial charge in [-0.15, -0.1) is 5.10 Å². The van der Waals surface area contributed by atoms with Crippen LogP contribution in [0.15, 0.2) is 59.4 Å². The van der Waals surface area contributed by atoms with Crippen molar-refractivity contribution in [3.8, 4) is 11.1 Å². The van der Waals surface area contributed by atoms with Crippen LogP contribution in [0.1, 0.15) is 35.1 Å². The van der Waals surface area contributed by atoms with Gasteiger partial charge in [-0.05, 0) is 36.1 Å². The first-order chi connectivity index (χ1) is 14.8. The number of hydrogen-bond acceptors (Lipinski definition) is 3. The number of hydrogen-bond donors (Lipinski definition) is 0. The summed E-state index contributed by atoms with van der Waals surface area (Å²) < 4.78 is 40.5. The number of amides is 1. The Hall–Kier alpha value is -3.36. The lowest BCUT2D eigenvalue weighted by atomic mass is 10.0. The van der Waals surface area contributed by atoms with Gasteiger partial charge in [0.1, 0.15) is 0 Å². The highest BCUT2D eigenvalue weighted by Gasteiger charge is 2.39. The minimum atomic E-state index is -4.69. The Morgan fingerprint density at radius 2 is 1.55 bits per heavy atom. The Balaban J connectivity index is 1.43. The largest absolute Gasteiger partial charge is 0.451 e. The molecule has 162 valence electrons. The van der Waals surface area contributed by atoms with E-state index in [9.17, 15) is 22.8 Å². The van der Waals surface area contributed by atoms with E-state index in [1.807, 2.05) is 42.5 Å². The summed E-state index contributed by atoms with van der Waals surface area (Å²) in [4.78, 5) is 26.7. The second-order valence-electron chi connectivity index (χ2n) is 7.57. The topological polar surface area (TPSA) is 60.1 Å². The molecule has 0 N–H and O–H groups in total. The van der Waals surface area contributed by atoms with Gasteiger partial charge in [0.15, 0.2) is 0 Å². The summed E-state index contributed by atoms with van der Waals surface area (Å²) in [5.74, 6) is -1.35. The fourth-order valence-corrected chi connectivity index (χ4v) is 3.87. The molecule has 1 saturated heterocycles. The van der Waals surface area contributed by atoms with Crippen molar-refractivity contribution in [3.63, 3.8) is 0 Å². The van der Waals surface area contributed by atoms with E-state index >= 15 is 0 Å². The molecule has 2 aromatic carbocycles. The zero-order valence-electron chi connectivity index (χ0n) is 16.8. The molecule has 0 unspecified atom stereocenters. The summed E-state index contributed by atoms with van der Waals surface area (Å²) >= 11 is 0. The summed E-state index contributed by atoms with van der Waals surface area (Å²) in [6.45, 7) is 0.683. The molecule has 0 aliphatic carbocycles. The number of benzene rings is 2. The van der Waals surface area contributed by atoms with E-state index in [4.69, 9.17) is 0 Å². The zero-order valence-corrected chi connectivity index (χ0v) is 16.8. The highest BCUT2D eigenvalue weighted by Crippen LogP contribution is 2.28. The molecule has 0 atom stereocenters. The van der Waals surface area contributed by atoms with Gasteiger partial charge < -0.3 is 4.90 Å². The summed E-state index contributed by atoms with van der Waals surface area (Å²) in [6.07, 6.45) is -3.97. The summed E-state index contributed by atoms with van der Waals surface area (Å²) in [7, 11) is 1.06. The molecule has 4 rings (SSSR count). The van der Waals surface area contributed by atoms with E-state index in [0.717, 1.165) is 22.9 Å². The Morgan fingerprint density at radius 1 is 0.968 bits per heavy atom. The van der Waals surface area contributed by atoms with Crippen LogP contribution in [0.2, 0.25) is 0 Å². The SMILES string of the molecule is Cn1c(C(F)(F)F)nn(C2CCN(C(=O)c3ccc(-c4ccccc4)cc3)CC2)c1=O. The van der Waals surface area contributed by atoms with Gasteiger partial charge in [-0.2, -0.15) is 13.2 Å². The van der Waals surface area contributed by atoms with Crippen molar-refractivity contribution < 1.29 is 18.0 Å². The minimum absolute atomic E-state index is 0.137. The Bertz CT molecular complexity index is 1130. The van der Waals surface area contributed by atoms with Gasteiger partial charge >= 0.3 is 11.9 Å². The third-order valence-electron chi connectivity index (χ3n) is 5.59. The molecule has 6 nitrogen and oxygen atoms in total. The van der Waals surface area contributed by atoms with Crippen molar-refractivity contribution in [2.24, 2.45) is 7.05 Å². The zero-order chi connectivity index (χ0) is 22.2. The molecule has 1 aromatic heterocycles. The van der Waals surface area contributed by atoms with E-state index < -0.39 is 23.7 Å². The van der Waals surface area contributed by atoms with Crippen molar-refractivity contribution in [2.75, 3.05) is 13.1 Å². The summed E-state index contributed by atoms with van der Waals surface area (Å²) in [5.41, 5.74) is 1.81. The van der Waals surface area contributed by atoms with E-state index in [2.05, 4.69) is 5.10 Å². The van der Waals surface area contributed by atoms with Gasteiger partial charge in [-0.25, -0.2) is 9.48 Å². The smallest absolute Gasteiger partial charge is 0.338 e. The van der Waals surface area contributed by atoms with Crippen LogP contribution in [0.5, 0.6) is 0 Å². The van der Waals surface area contributed by atoms with Gasteiger partial charge in [0, 0.05) is 25.7 Å². The molecule has 1 aliphatic rings. The number of alkyl halides is 3. The minimum Gasteiger partial charge on any atom is -0.338 e. The Kier molecular flexibility index (Phi) is 5.43. The summed E-state index contributed by atoms with van der Waals surface area (Å²) in [6, 6.07) is 16.7. The van der Waals surface area contributed by atoms with Crippen molar-refractivity contribution in [2.45, 2.75) is 25.1 Å². The van der Waals surface area contributed by atoms with E-state index in [-0.39, 0.29) is 5.91 Å². The van der Waals surface area contributed by atoms with E-state index in [1.165, 1.54) is 0 Å². The van der Waals surface area contributed by atoms with Crippen molar-refractivity contribution in [3.05, 3.63) is 76.5 Å². The average Bonchev–Trinajstić information content (AvgIpc) is 3.09. The number of carbonyl (C=O) groups is 1. The quantitative estimate of drug-likeness (QED) is 0.636. The van der Waals surface area contributed by atoms with Crippen LogP contribution in [-0.4, -0.2) is 38.2 Å². The number of likely N-dealkylation sites (tertiary alicyclic amines) is 1. The average molecular weight is 430 g/mol. The number of halogens is 3. The highest BCUT2D eigenvalue weighted by atomic mass is 19.4. The molecule has 0 spiro atoms. The lowest BCUT2D eigenvalue weighted by molar-refractivity contribution is -0.147. The first-order valence-corrected chi connectivity index (χ1v) is 9.93. The molecule has 1 amide bonds. The first-order valence-electron chi connectivity index (χ1n) is 9.93. The molecule has 0 bridgehead atoms. The van der Waals surface area contributed by atoms with E-state index in [0.29, 0.717) is 36.1 Å². The molecule has 1 fully saturated rings. The number of piperidine rings is 1. The molecule has 0 radical (unpaired) electrons. The van der Waals surface area contributed by atoms with Crippen LogP contribution in [0.25, 0.3) is 11.1 Å². The number of rotatable bonds is 3. The van der Waals surface area contributed by atoms with Gasteiger partial charge in [-0.1, -0.05) is 42.5 Å². The predicted octanol–water partition coefficient (Wildman–Crippen LogP) is 3.74. The van der Waals surface area contributed by atoms with Crippen molar-refractivity contribution in [1.82, 2.24) is 19.2 Å². The van der Waals surface area contributed by atoms with Gasteiger partial charge in [0.25, 0.3) is 5.91 Å². The molecule has 2 heterocycles. The van der Waals surface area contributed by atoms with Crippen LogP contribution in [-0.2, 0) is 13.2 Å². The number of nitrogens with zero attached hydrogens (tertiary/aromatic N) is 4. The Labute approximate surface area is 176 Å². The fourth-order valence-electron chi connectivity index (χ4n) is 3.87. The van der Waals surface area contributed by atoms with Crippen LogP contribution in [0.4, 0.5) is 13.2 Å². The first kappa shape index (κ1) is 20.9. The van der Waals surface area contributed by atoms with Crippen molar-refractivity contribution >= 4 is 5.91 Å².